The predicted octanol–water partition coefficient (Wildman–Crippen LogP) is 2.60. The zero-order valence-electron chi connectivity index (χ0n) is 10.3. The van der Waals surface area contributed by atoms with Gasteiger partial charge in [-0.3, -0.25) is 0 Å². The lowest BCUT2D eigenvalue weighted by atomic mass is 9.89. The van der Waals surface area contributed by atoms with Gasteiger partial charge in [0, 0.05) is 24.9 Å². The summed E-state index contributed by atoms with van der Waals surface area (Å²) in [7, 11) is 0. The van der Waals surface area contributed by atoms with Crippen molar-refractivity contribution in [3.8, 4) is 0 Å². The van der Waals surface area contributed by atoms with Crippen LogP contribution in [0.3, 0.4) is 0 Å². The van der Waals surface area contributed by atoms with E-state index in [1.54, 1.807) is 0 Å². The van der Waals surface area contributed by atoms with Gasteiger partial charge in [-0.05, 0) is 25.7 Å². The highest BCUT2D eigenvalue weighted by Gasteiger charge is 2.25. The maximum absolute atomic E-state index is 5.45. The third-order valence-electron chi connectivity index (χ3n) is 4.05. The van der Waals surface area contributed by atoms with Crippen molar-refractivity contribution in [2.75, 3.05) is 13.1 Å². The Bertz CT molecular complexity index is 319. The van der Waals surface area contributed by atoms with Crippen LogP contribution in [-0.4, -0.2) is 23.2 Å². The summed E-state index contributed by atoms with van der Waals surface area (Å²) in [5.41, 5.74) is 0. The monoisotopic (exact) mass is 234 g/mol. The van der Waals surface area contributed by atoms with Crippen molar-refractivity contribution in [3.63, 3.8) is 0 Å². The van der Waals surface area contributed by atoms with Gasteiger partial charge < -0.3 is 4.52 Å². The molecule has 1 saturated carbocycles. The predicted molar refractivity (Wildman–Crippen MR) is 64.0 cm³/mol. The summed E-state index contributed by atoms with van der Waals surface area (Å²) in [4.78, 5) is 4.64. The molecule has 2 aliphatic rings. The summed E-state index contributed by atoms with van der Waals surface area (Å²) in [6.07, 6.45) is 8.62. The zero-order chi connectivity index (χ0) is 11.5. The van der Waals surface area contributed by atoms with Gasteiger partial charge >= 0.3 is 0 Å². The molecule has 1 aliphatic heterocycles. The van der Waals surface area contributed by atoms with Gasteiger partial charge in [0.15, 0.2) is 5.82 Å². The van der Waals surface area contributed by atoms with E-state index in [2.05, 4.69) is 15.5 Å². The third-order valence-corrected chi connectivity index (χ3v) is 4.05. The van der Waals surface area contributed by atoms with Gasteiger partial charge in [0.2, 0.25) is 5.89 Å². The van der Waals surface area contributed by atoms with E-state index in [1.165, 1.54) is 32.1 Å². The number of hydrogen-bond donors (Lipinski definition) is 0. The lowest BCUT2D eigenvalue weighted by molar-refractivity contribution is 0.313. The number of hydrogen-bond acceptors (Lipinski definition) is 3. The van der Waals surface area contributed by atoms with Gasteiger partial charge in [-0.2, -0.15) is 4.98 Å². The Kier molecular flexibility index (Phi) is 3.41. The van der Waals surface area contributed by atoms with Crippen LogP contribution in [-0.2, 0) is 0 Å². The normalized spacial score (nSPS) is 24.0. The van der Waals surface area contributed by atoms with Crippen LogP contribution >= 0.6 is 0 Å². The van der Waals surface area contributed by atoms with Gasteiger partial charge in [0.25, 0.3) is 0 Å². The molecule has 3 rings (SSSR count). The highest BCUT2D eigenvalue weighted by molar-refractivity contribution is 5.01. The van der Waals surface area contributed by atoms with E-state index in [0.717, 1.165) is 37.6 Å². The first-order valence-electron chi connectivity index (χ1n) is 6.90. The van der Waals surface area contributed by atoms with Crippen molar-refractivity contribution in [1.82, 2.24) is 15.5 Å². The first-order chi connectivity index (χ1) is 8.43. The fraction of sp³-hybridized carbons (Fsp3) is 0.846. The SMILES string of the molecule is C1CCC(c2noc(C3CC[N]CC3)n2)CC1. The Hall–Kier alpha value is -0.900. The molecule has 1 aromatic rings. The summed E-state index contributed by atoms with van der Waals surface area (Å²) in [6, 6.07) is 0. The second-order valence-electron chi connectivity index (χ2n) is 5.27. The lowest BCUT2D eigenvalue weighted by Gasteiger charge is -2.18. The summed E-state index contributed by atoms with van der Waals surface area (Å²) in [6.45, 7) is 1.90. The van der Waals surface area contributed by atoms with Crippen LogP contribution in [0.5, 0.6) is 0 Å². The van der Waals surface area contributed by atoms with Crippen LogP contribution < -0.4 is 5.32 Å². The first-order valence-corrected chi connectivity index (χ1v) is 6.90. The van der Waals surface area contributed by atoms with Gasteiger partial charge in [-0.25, -0.2) is 5.32 Å². The summed E-state index contributed by atoms with van der Waals surface area (Å²) in [5, 5.41) is 8.56. The van der Waals surface area contributed by atoms with E-state index < -0.39 is 0 Å². The molecular formula is C13H20N3O. The number of nitrogens with zero attached hydrogens (tertiary/aromatic N) is 3. The van der Waals surface area contributed by atoms with Crippen molar-refractivity contribution >= 4 is 0 Å². The Morgan fingerprint density at radius 1 is 0.882 bits per heavy atom. The Morgan fingerprint density at radius 2 is 1.65 bits per heavy atom. The van der Waals surface area contributed by atoms with E-state index in [0.29, 0.717) is 11.8 Å². The summed E-state index contributed by atoms with van der Waals surface area (Å²) in [5.74, 6) is 2.83. The maximum Gasteiger partial charge on any atom is 0.229 e. The molecule has 0 bridgehead atoms. The molecule has 0 unspecified atom stereocenters. The smallest absolute Gasteiger partial charge is 0.229 e. The van der Waals surface area contributed by atoms with Gasteiger partial charge in [0.05, 0.1) is 0 Å². The number of aromatic nitrogens is 2. The molecule has 17 heavy (non-hydrogen) atoms. The lowest BCUT2D eigenvalue weighted by Crippen LogP contribution is -2.21. The molecule has 2 heterocycles. The number of rotatable bonds is 2. The van der Waals surface area contributed by atoms with E-state index in [9.17, 15) is 0 Å². The molecule has 0 N–H and O–H groups in total. The van der Waals surface area contributed by atoms with Crippen molar-refractivity contribution in [1.29, 1.82) is 0 Å². The minimum atomic E-state index is 0.456. The van der Waals surface area contributed by atoms with E-state index in [1.807, 2.05) is 0 Å². The molecule has 0 aromatic carbocycles. The molecular weight excluding hydrogens is 214 g/mol. The standard InChI is InChI=1S/C13H20N3O/c1-2-4-10(5-3-1)12-15-13(17-16-12)11-6-8-14-9-7-11/h10-11H,1-9H2. The minimum absolute atomic E-state index is 0.456. The largest absolute Gasteiger partial charge is 0.339 e. The van der Waals surface area contributed by atoms with Crippen LogP contribution in [0.4, 0.5) is 0 Å². The van der Waals surface area contributed by atoms with Gasteiger partial charge in [-0.1, -0.05) is 24.4 Å². The van der Waals surface area contributed by atoms with Crippen molar-refractivity contribution in [3.05, 3.63) is 11.7 Å². The number of piperidine rings is 1. The molecule has 4 nitrogen and oxygen atoms in total. The Balaban J connectivity index is 1.68. The van der Waals surface area contributed by atoms with Crippen molar-refractivity contribution in [2.24, 2.45) is 0 Å². The highest BCUT2D eigenvalue weighted by atomic mass is 16.5. The van der Waals surface area contributed by atoms with Gasteiger partial charge in [0.1, 0.15) is 0 Å². The maximum atomic E-state index is 5.45. The van der Waals surface area contributed by atoms with Crippen molar-refractivity contribution < 1.29 is 4.52 Å². The average molecular weight is 234 g/mol. The van der Waals surface area contributed by atoms with Crippen LogP contribution in [0.2, 0.25) is 0 Å². The topological polar surface area (TPSA) is 53.0 Å². The molecule has 1 aromatic heterocycles. The first kappa shape index (κ1) is 11.2. The fourth-order valence-electron chi connectivity index (χ4n) is 2.94. The Morgan fingerprint density at radius 3 is 2.41 bits per heavy atom. The molecule has 1 saturated heterocycles. The summed E-state index contributed by atoms with van der Waals surface area (Å²) < 4.78 is 5.45. The summed E-state index contributed by atoms with van der Waals surface area (Å²) >= 11 is 0. The molecule has 1 radical (unpaired) electrons. The van der Waals surface area contributed by atoms with E-state index in [-0.39, 0.29) is 0 Å². The average Bonchev–Trinajstić information content (AvgIpc) is 2.90. The zero-order valence-corrected chi connectivity index (χ0v) is 10.3. The molecule has 93 valence electrons. The molecule has 4 heteroatoms. The second-order valence-corrected chi connectivity index (χ2v) is 5.27. The minimum Gasteiger partial charge on any atom is -0.339 e. The molecule has 0 atom stereocenters. The van der Waals surface area contributed by atoms with E-state index in [4.69, 9.17) is 4.52 Å². The van der Waals surface area contributed by atoms with E-state index >= 15 is 0 Å². The van der Waals surface area contributed by atoms with Crippen LogP contribution in [0.25, 0.3) is 0 Å². The van der Waals surface area contributed by atoms with Crippen LogP contribution in [0.1, 0.15) is 68.5 Å². The fourth-order valence-corrected chi connectivity index (χ4v) is 2.94. The van der Waals surface area contributed by atoms with Crippen molar-refractivity contribution in [2.45, 2.75) is 56.8 Å². The molecule has 0 amide bonds. The Labute approximate surface area is 102 Å². The van der Waals surface area contributed by atoms with Gasteiger partial charge in [-0.15, -0.1) is 0 Å². The van der Waals surface area contributed by atoms with Crippen LogP contribution in [0.15, 0.2) is 4.52 Å². The molecule has 0 spiro atoms. The van der Waals surface area contributed by atoms with Crippen LogP contribution in [0, 0.1) is 0 Å². The highest BCUT2D eigenvalue weighted by Crippen LogP contribution is 2.32. The quantitative estimate of drug-likeness (QED) is 0.790. The molecule has 2 fully saturated rings. The second kappa shape index (κ2) is 5.17. The molecule has 1 aliphatic carbocycles. The third kappa shape index (κ3) is 2.51.